The van der Waals surface area contributed by atoms with Crippen LogP contribution in [-0.2, 0) is 21.4 Å². The van der Waals surface area contributed by atoms with E-state index in [-0.39, 0.29) is 23.0 Å². The van der Waals surface area contributed by atoms with Crippen LogP contribution in [0, 0.1) is 0 Å². The normalized spacial score (nSPS) is 11.4. The Morgan fingerprint density at radius 3 is 2.59 bits per heavy atom. The molecule has 3 rings (SSSR count). The van der Waals surface area contributed by atoms with Crippen molar-refractivity contribution in [3.63, 3.8) is 0 Å². The van der Waals surface area contributed by atoms with Crippen molar-refractivity contribution >= 4 is 43.5 Å². The van der Waals surface area contributed by atoms with Gasteiger partial charge in [0.25, 0.3) is 0 Å². The van der Waals surface area contributed by atoms with Crippen molar-refractivity contribution in [1.29, 1.82) is 0 Å². The largest absolute Gasteiger partial charge is 0.452 e. The number of nitrogens with two attached hydrogens (primary N) is 1. The number of carbonyl (C=O) groups excluding carboxylic acids is 1. The number of esters is 1. The van der Waals surface area contributed by atoms with E-state index in [1.165, 1.54) is 18.3 Å². The van der Waals surface area contributed by atoms with E-state index in [0.717, 1.165) is 11.6 Å². The predicted octanol–water partition coefficient (Wildman–Crippen LogP) is 3.76. The molecule has 0 aliphatic rings. The lowest BCUT2D eigenvalue weighted by molar-refractivity contribution is 0.0437. The van der Waals surface area contributed by atoms with E-state index in [0.29, 0.717) is 15.3 Å². The molecule has 2 aromatic carbocycles. The number of nitrogens with zero attached hydrogens (tertiary/aromatic N) is 1. The molecule has 0 aliphatic heterocycles. The summed E-state index contributed by atoms with van der Waals surface area (Å²) >= 11 is 9.02. The van der Waals surface area contributed by atoms with Gasteiger partial charge in [-0.3, -0.25) is 0 Å². The zero-order valence-electron chi connectivity index (χ0n) is 13.6. The van der Waals surface area contributed by atoms with Crippen LogP contribution in [0.2, 0.25) is 5.02 Å². The number of oxazole rings is 1. The zero-order valence-corrected chi connectivity index (χ0v) is 16.7. The fraction of sp³-hybridized carbons (Fsp3) is 0.0588. The average molecular weight is 472 g/mol. The molecule has 2 N–H and O–H groups in total. The minimum absolute atomic E-state index is 0.0194. The number of carbonyl (C=O) groups is 1. The van der Waals surface area contributed by atoms with E-state index >= 15 is 0 Å². The lowest BCUT2D eigenvalue weighted by Gasteiger charge is -2.06. The highest BCUT2D eigenvalue weighted by Gasteiger charge is 2.18. The minimum Gasteiger partial charge on any atom is -0.452 e. The number of benzene rings is 2. The number of hydrogen-bond acceptors (Lipinski definition) is 6. The molecule has 140 valence electrons. The fourth-order valence-electron chi connectivity index (χ4n) is 2.17. The van der Waals surface area contributed by atoms with E-state index in [9.17, 15) is 13.2 Å². The number of hydrogen-bond donors (Lipinski definition) is 1. The Hall–Kier alpha value is -2.20. The van der Waals surface area contributed by atoms with Crippen LogP contribution in [-0.4, -0.2) is 19.4 Å². The quantitative estimate of drug-likeness (QED) is 0.567. The molecule has 0 atom stereocenters. The van der Waals surface area contributed by atoms with Gasteiger partial charge in [-0.05, 0) is 58.4 Å². The van der Waals surface area contributed by atoms with Gasteiger partial charge in [-0.2, -0.15) is 0 Å². The standard InChI is InChI=1S/C17H12BrClN2O5S/c18-14-6-5-12(27(20,23)24)7-13(14)17(22)25-9-16-21-8-15(26-16)10-1-3-11(19)4-2-10/h1-8H,9H2,(H2,20,23,24). The highest BCUT2D eigenvalue weighted by molar-refractivity contribution is 9.10. The number of aromatic nitrogens is 1. The van der Waals surface area contributed by atoms with E-state index < -0.39 is 16.0 Å². The monoisotopic (exact) mass is 470 g/mol. The number of rotatable bonds is 5. The first-order valence-electron chi connectivity index (χ1n) is 7.44. The Morgan fingerprint density at radius 2 is 1.93 bits per heavy atom. The number of halogens is 2. The molecule has 0 fully saturated rings. The topological polar surface area (TPSA) is 112 Å². The summed E-state index contributed by atoms with van der Waals surface area (Å²) in [6.07, 6.45) is 1.50. The van der Waals surface area contributed by atoms with E-state index in [1.54, 1.807) is 24.3 Å². The molecular weight excluding hydrogens is 460 g/mol. The Balaban J connectivity index is 1.72. The predicted molar refractivity (Wildman–Crippen MR) is 102 cm³/mol. The molecule has 10 heteroatoms. The molecule has 0 amide bonds. The molecule has 0 radical (unpaired) electrons. The molecule has 1 aromatic heterocycles. The van der Waals surface area contributed by atoms with Crippen LogP contribution in [0.5, 0.6) is 0 Å². The van der Waals surface area contributed by atoms with Gasteiger partial charge >= 0.3 is 5.97 Å². The maximum atomic E-state index is 12.3. The molecule has 3 aromatic rings. The second kappa shape index (κ2) is 7.81. The summed E-state index contributed by atoms with van der Waals surface area (Å²) in [5.41, 5.74) is 0.791. The summed E-state index contributed by atoms with van der Waals surface area (Å²) in [6.45, 7) is -0.224. The number of primary sulfonamides is 1. The summed E-state index contributed by atoms with van der Waals surface area (Å²) in [4.78, 5) is 16.1. The van der Waals surface area contributed by atoms with Crippen molar-refractivity contribution in [3.8, 4) is 11.3 Å². The first-order chi connectivity index (χ1) is 12.7. The van der Waals surface area contributed by atoms with Gasteiger partial charge in [-0.25, -0.2) is 23.3 Å². The SMILES string of the molecule is NS(=O)(=O)c1ccc(Br)c(C(=O)OCc2ncc(-c3ccc(Cl)cc3)o2)c1. The summed E-state index contributed by atoms with van der Waals surface area (Å²) in [5, 5.41) is 5.68. The van der Waals surface area contributed by atoms with Gasteiger partial charge in [0.1, 0.15) is 0 Å². The molecule has 0 spiro atoms. The third-order valence-corrected chi connectivity index (χ3v) is 5.35. The van der Waals surface area contributed by atoms with Crippen LogP contribution in [0.15, 0.2) is 62.4 Å². The Kier molecular flexibility index (Phi) is 5.66. The molecule has 1 heterocycles. The van der Waals surface area contributed by atoms with Crippen molar-refractivity contribution in [2.45, 2.75) is 11.5 Å². The maximum absolute atomic E-state index is 12.3. The number of ether oxygens (including phenoxy) is 1. The molecule has 0 saturated carbocycles. The van der Waals surface area contributed by atoms with Crippen molar-refractivity contribution in [3.05, 3.63) is 69.6 Å². The Morgan fingerprint density at radius 1 is 1.22 bits per heavy atom. The van der Waals surface area contributed by atoms with Crippen LogP contribution in [0.4, 0.5) is 0 Å². The summed E-state index contributed by atoms with van der Waals surface area (Å²) < 4.78 is 33.9. The maximum Gasteiger partial charge on any atom is 0.339 e. The molecule has 7 nitrogen and oxygen atoms in total. The zero-order chi connectivity index (χ0) is 19.6. The van der Waals surface area contributed by atoms with Crippen molar-refractivity contribution in [2.24, 2.45) is 5.14 Å². The van der Waals surface area contributed by atoms with Gasteiger partial charge in [-0.15, -0.1) is 0 Å². The molecule has 27 heavy (non-hydrogen) atoms. The van der Waals surface area contributed by atoms with Gasteiger partial charge in [0, 0.05) is 15.1 Å². The third-order valence-electron chi connectivity index (χ3n) is 3.50. The first kappa shape index (κ1) is 19.6. The van der Waals surface area contributed by atoms with E-state index in [4.69, 9.17) is 25.9 Å². The summed E-state index contributed by atoms with van der Waals surface area (Å²) in [7, 11) is -3.94. The Labute approximate surface area is 168 Å². The average Bonchev–Trinajstić information content (AvgIpc) is 3.08. The van der Waals surface area contributed by atoms with Crippen molar-refractivity contribution in [1.82, 2.24) is 4.98 Å². The van der Waals surface area contributed by atoms with Crippen LogP contribution in [0.25, 0.3) is 11.3 Å². The molecule has 0 unspecified atom stereocenters. The lowest BCUT2D eigenvalue weighted by Crippen LogP contribution is -2.14. The highest BCUT2D eigenvalue weighted by Crippen LogP contribution is 2.24. The van der Waals surface area contributed by atoms with Gasteiger partial charge in [0.05, 0.1) is 16.7 Å². The number of sulfonamides is 1. The fourth-order valence-corrected chi connectivity index (χ4v) is 3.24. The van der Waals surface area contributed by atoms with Gasteiger partial charge < -0.3 is 9.15 Å². The van der Waals surface area contributed by atoms with E-state index in [1.807, 2.05) is 0 Å². The third kappa shape index (κ3) is 4.75. The summed E-state index contributed by atoms with van der Waals surface area (Å²) in [6, 6.07) is 10.8. The van der Waals surface area contributed by atoms with Crippen LogP contribution < -0.4 is 5.14 Å². The van der Waals surface area contributed by atoms with E-state index in [2.05, 4.69) is 20.9 Å². The van der Waals surface area contributed by atoms with Crippen molar-refractivity contribution < 1.29 is 22.4 Å². The summed E-state index contributed by atoms with van der Waals surface area (Å²) in [5.74, 6) is -0.0687. The molecular formula is C17H12BrClN2O5S. The van der Waals surface area contributed by atoms with Crippen LogP contribution in [0.1, 0.15) is 16.2 Å². The van der Waals surface area contributed by atoms with Crippen LogP contribution >= 0.6 is 27.5 Å². The second-order valence-corrected chi connectivity index (χ2v) is 8.24. The molecule has 0 saturated heterocycles. The van der Waals surface area contributed by atoms with Gasteiger partial charge in [0.15, 0.2) is 12.4 Å². The Bertz CT molecular complexity index is 1100. The smallest absolute Gasteiger partial charge is 0.339 e. The lowest BCUT2D eigenvalue weighted by atomic mass is 10.2. The molecule has 0 bridgehead atoms. The second-order valence-electron chi connectivity index (χ2n) is 5.39. The first-order valence-corrected chi connectivity index (χ1v) is 10.2. The van der Waals surface area contributed by atoms with Gasteiger partial charge in [-0.1, -0.05) is 11.6 Å². The molecule has 0 aliphatic carbocycles. The minimum atomic E-state index is -3.94. The van der Waals surface area contributed by atoms with Crippen molar-refractivity contribution in [2.75, 3.05) is 0 Å². The highest BCUT2D eigenvalue weighted by atomic mass is 79.9. The van der Waals surface area contributed by atoms with Crippen LogP contribution in [0.3, 0.4) is 0 Å². The van der Waals surface area contributed by atoms with Gasteiger partial charge in [0.2, 0.25) is 15.9 Å².